The smallest absolute Gasteiger partial charge is 0.317 e. The average molecular weight is 224 g/mol. The normalized spacial score (nSPS) is 19.8. The van der Waals surface area contributed by atoms with Crippen molar-refractivity contribution >= 4 is 11.8 Å². The third kappa shape index (κ3) is 3.47. The van der Waals surface area contributed by atoms with Gasteiger partial charge in [0.15, 0.2) is 5.78 Å². The zero-order valence-electron chi connectivity index (χ0n) is 10.1. The largest absolute Gasteiger partial charge is 0.465 e. The maximum atomic E-state index is 11.6. The average Bonchev–Trinajstić information content (AvgIpc) is 2.61. The van der Waals surface area contributed by atoms with E-state index in [2.05, 4.69) is 6.92 Å². The molecule has 0 aliphatic heterocycles. The highest BCUT2D eigenvalue weighted by atomic mass is 16.5. The number of hydrogen-bond acceptors (Lipinski definition) is 3. The fraction of sp³-hybridized carbons (Fsp3) is 0.692. The van der Waals surface area contributed by atoms with E-state index in [4.69, 9.17) is 4.74 Å². The minimum absolute atomic E-state index is 0.0788. The Kier molecular flexibility index (Phi) is 5.23. The van der Waals surface area contributed by atoms with Crippen molar-refractivity contribution in [1.82, 2.24) is 0 Å². The number of hydrogen-bond donors (Lipinski definition) is 0. The van der Waals surface area contributed by atoms with Crippen LogP contribution in [0.2, 0.25) is 0 Å². The Morgan fingerprint density at radius 3 is 2.81 bits per heavy atom. The molecule has 1 rings (SSSR count). The van der Waals surface area contributed by atoms with Crippen LogP contribution in [0.3, 0.4) is 0 Å². The molecular formula is C13H20O3. The van der Waals surface area contributed by atoms with Crippen LogP contribution in [-0.4, -0.2) is 18.4 Å². The van der Waals surface area contributed by atoms with Gasteiger partial charge in [0, 0.05) is 0 Å². The van der Waals surface area contributed by atoms with E-state index in [1.54, 1.807) is 13.0 Å². The maximum absolute atomic E-state index is 11.6. The van der Waals surface area contributed by atoms with Gasteiger partial charge in [-0.25, -0.2) is 0 Å². The topological polar surface area (TPSA) is 43.4 Å². The van der Waals surface area contributed by atoms with Crippen molar-refractivity contribution in [2.24, 2.45) is 5.92 Å². The Morgan fingerprint density at radius 1 is 1.44 bits per heavy atom. The first kappa shape index (κ1) is 12.9. The SMILES string of the molecule is CCCCCC1=CC(=O)C(C(=O)OCC)C1. The molecule has 1 aliphatic carbocycles. The van der Waals surface area contributed by atoms with Gasteiger partial charge in [0.25, 0.3) is 0 Å². The second-order valence-electron chi connectivity index (χ2n) is 4.17. The second-order valence-corrected chi connectivity index (χ2v) is 4.17. The molecule has 0 aromatic rings. The third-order valence-corrected chi connectivity index (χ3v) is 2.83. The van der Waals surface area contributed by atoms with E-state index < -0.39 is 5.92 Å². The van der Waals surface area contributed by atoms with Crippen LogP contribution in [0.5, 0.6) is 0 Å². The summed E-state index contributed by atoms with van der Waals surface area (Å²) in [5, 5.41) is 0. The first-order valence-corrected chi connectivity index (χ1v) is 6.09. The Morgan fingerprint density at radius 2 is 2.19 bits per heavy atom. The Balaban J connectivity index is 2.41. The van der Waals surface area contributed by atoms with Crippen molar-refractivity contribution in [2.45, 2.75) is 46.0 Å². The first-order chi connectivity index (χ1) is 7.69. The zero-order valence-corrected chi connectivity index (χ0v) is 10.1. The molecule has 0 saturated carbocycles. The summed E-state index contributed by atoms with van der Waals surface area (Å²) in [6, 6.07) is 0. The van der Waals surface area contributed by atoms with Gasteiger partial charge in [-0.05, 0) is 32.3 Å². The van der Waals surface area contributed by atoms with Crippen molar-refractivity contribution in [3.05, 3.63) is 11.6 Å². The molecule has 0 aromatic heterocycles. The van der Waals surface area contributed by atoms with Gasteiger partial charge in [-0.2, -0.15) is 0 Å². The maximum Gasteiger partial charge on any atom is 0.317 e. The predicted molar refractivity (Wildman–Crippen MR) is 62.0 cm³/mol. The standard InChI is InChI=1S/C13H20O3/c1-3-5-6-7-10-8-11(12(14)9-10)13(15)16-4-2/h9,11H,3-8H2,1-2H3. The van der Waals surface area contributed by atoms with E-state index in [0.29, 0.717) is 13.0 Å². The van der Waals surface area contributed by atoms with Crippen LogP contribution in [0.15, 0.2) is 11.6 Å². The molecule has 0 aromatic carbocycles. The minimum atomic E-state index is -0.559. The number of carbonyl (C=O) groups excluding carboxylic acids is 2. The molecule has 3 heteroatoms. The van der Waals surface area contributed by atoms with Gasteiger partial charge >= 0.3 is 5.97 Å². The van der Waals surface area contributed by atoms with Crippen molar-refractivity contribution in [3.63, 3.8) is 0 Å². The van der Waals surface area contributed by atoms with Crippen LogP contribution in [0.1, 0.15) is 46.0 Å². The number of unbranched alkanes of at least 4 members (excludes halogenated alkanes) is 2. The zero-order chi connectivity index (χ0) is 12.0. The highest BCUT2D eigenvalue weighted by Gasteiger charge is 2.32. The molecule has 1 atom stereocenters. The summed E-state index contributed by atoms with van der Waals surface area (Å²) >= 11 is 0. The number of ether oxygens (including phenoxy) is 1. The Bertz CT molecular complexity index is 292. The molecule has 1 aliphatic rings. The lowest BCUT2D eigenvalue weighted by Crippen LogP contribution is -2.21. The second kappa shape index (κ2) is 6.46. The summed E-state index contributed by atoms with van der Waals surface area (Å²) in [6.45, 7) is 4.25. The highest BCUT2D eigenvalue weighted by Crippen LogP contribution is 2.27. The molecule has 90 valence electrons. The van der Waals surface area contributed by atoms with Crippen LogP contribution in [0, 0.1) is 5.92 Å². The molecule has 0 amide bonds. The molecule has 0 saturated heterocycles. The molecule has 0 N–H and O–H groups in total. The van der Waals surface area contributed by atoms with Crippen LogP contribution in [0.4, 0.5) is 0 Å². The molecular weight excluding hydrogens is 204 g/mol. The lowest BCUT2D eigenvalue weighted by Gasteiger charge is -2.07. The summed E-state index contributed by atoms with van der Waals surface area (Å²) in [4.78, 5) is 23.0. The number of allylic oxidation sites excluding steroid dienone is 2. The summed E-state index contributed by atoms with van der Waals surface area (Å²) in [5.74, 6) is -1.00. The molecule has 0 fully saturated rings. The number of carbonyl (C=O) groups is 2. The van der Waals surface area contributed by atoms with Gasteiger partial charge in [0.2, 0.25) is 0 Å². The first-order valence-electron chi connectivity index (χ1n) is 6.09. The van der Waals surface area contributed by atoms with Crippen LogP contribution in [0.25, 0.3) is 0 Å². The third-order valence-electron chi connectivity index (χ3n) is 2.83. The molecule has 1 unspecified atom stereocenters. The predicted octanol–water partition coefficient (Wildman–Crippen LogP) is 2.65. The summed E-state index contributed by atoms with van der Waals surface area (Å²) < 4.78 is 4.88. The van der Waals surface area contributed by atoms with Crippen LogP contribution >= 0.6 is 0 Å². The fourth-order valence-corrected chi connectivity index (χ4v) is 1.94. The number of ketones is 1. The molecule has 0 bridgehead atoms. The van der Waals surface area contributed by atoms with Crippen LogP contribution in [-0.2, 0) is 14.3 Å². The highest BCUT2D eigenvalue weighted by molar-refractivity contribution is 6.07. The fourth-order valence-electron chi connectivity index (χ4n) is 1.94. The molecule has 0 heterocycles. The van der Waals surface area contributed by atoms with Crippen molar-refractivity contribution < 1.29 is 14.3 Å². The molecule has 3 nitrogen and oxygen atoms in total. The van der Waals surface area contributed by atoms with E-state index in [-0.39, 0.29) is 11.8 Å². The lowest BCUT2D eigenvalue weighted by molar-refractivity contribution is -0.150. The lowest BCUT2D eigenvalue weighted by atomic mass is 10.0. The van der Waals surface area contributed by atoms with Gasteiger partial charge in [-0.3, -0.25) is 9.59 Å². The quantitative estimate of drug-likeness (QED) is 0.396. The van der Waals surface area contributed by atoms with E-state index in [0.717, 1.165) is 18.4 Å². The van der Waals surface area contributed by atoms with Crippen molar-refractivity contribution in [3.8, 4) is 0 Å². The summed E-state index contributed by atoms with van der Waals surface area (Å²) in [5.41, 5.74) is 1.11. The van der Waals surface area contributed by atoms with Gasteiger partial charge in [0.05, 0.1) is 6.61 Å². The summed E-state index contributed by atoms with van der Waals surface area (Å²) in [6.07, 6.45) is 6.59. The van der Waals surface area contributed by atoms with Gasteiger partial charge in [-0.15, -0.1) is 0 Å². The van der Waals surface area contributed by atoms with Gasteiger partial charge in [-0.1, -0.05) is 25.3 Å². The minimum Gasteiger partial charge on any atom is -0.465 e. The molecule has 16 heavy (non-hydrogen) atoms. The van der Waals surface area contributed by atoms with E-state index >= 15 is 0 Å². The van der Waals surface area contributed by atoms with E-state index in [9.17, 15) is 9.59 Å². The Labute approximate surface area is 96.9 Å². The van der Waals surface area contributed by atoms with E-state index in [1.807, 2.05) is 0 Å². The summed E-state index contributed by atoms with van der Waals surface area (Å²) in [7, 11) is 0. The van der Waals surface area contributed by atoms with Crippen molar-refractivity contribution in [2.75, 3.05) is 6.61 Å². The van der Waals surface area contributed by atoms with Gasteiger partial charge in [0.1, 0.15) is 5.92 Å². The Hall–Kier alpha value is -1.12. The molecule has 0 spiro atoms. The monoisotopic (exact) mass is 224 g/mol. The molecule has 0 radical (unpaired) electrons. The van der Waals surface area contributed by atoms with Crippen molar-refractivity contribution in [1.29, 1.82) is 0 Å². The van der Waals surface area contributed by atoms with Crippen LogP contribution < -0.4 is 0 Å². The van der Waals surface area contributed by atoms with E-state index in [1.165, 1.54) is 12.8 Å². The number of rotatable bonds is 6. The number of esters is 1. The van der Waals surface area contributed by atoms with Gasteiger partial charge < -0.3 is 4.74 Å².